The van der Waals surface area contributed by atoms with Crippen LogP contribution in [-0.2, 0) is 20.9 Å². The fourth-order valence-electron chi connectivity index (χ4n) is 2.71. The molecule has 1 aromatic carbocycles. The molecule has 0 radical (unpaired) electrons. The van der Waals surface area contributed by atoms with Crippen molar-refractivity contribution in [3.05, 3.63) is 59.5 Å². The van der Waals surface area contributed by atoms with Crippen LogP contribution in [0.3, 0.4) is 0 Å². The first-order valence-electron chi connectivity index (χ1n) is 8.62. The summed E-state index contributed by atoms with van der Waals surface area (Å²) in [5.74, 6) is -2.56. The molecule has 0 spiro atoms. The summed E-state index contributed by atoms with van der Waals surface area (Å²) >= 11 is 0. The van der Waals surface area contributed by atoms with Crippen LogP contribution < -0.4 is 10.6 Å². The zero-order chi connectivity index (χ0) is 21.0. The van der Waals surface area contributed by atoms with E-state index in [0.29, 0.717) is 5.76 Å². The third-order valence-electron chi connectivity index (χ3n) is 4.16. The predicted molar refractivity (Wildman–Crippen MR) is 96.4 cm³/mol. The monoisotopic (exact) mass is 399 g/mol. The average molecular weight is 399 g/mol. The van der Waals surface area contributed by atoms with Crippen LogP contribution in [0, 0.1) is 0 Å². The van der Waals surface area contributed by atoms with Gasteiger partial charge in [0, 0.05) is 0 Å². The maximum atomic E-state index is 12.4. The van der Waals surface area contributed by atoms with Crippen molar-refractivity contribution in [1.29, 1.82) is 0 Å². The molecular formula is C19H17N3O7. The Labute approximate surface area is 164 Å². The summed E-state index contributed by atoms with van der Waals surface area (Å²) in [6, 6.07) is 7.46. The zero-order valence-electron chi connectivity index (χ0n) is 15.3. The molecule has 3 rings (SSSR count). The fourth-order valence-corrected chi connectivity index (χ4v) is 2.71. The first-order valence-corrected chi connectivity index (χ1v) is 8.62. The van der Waals surface area contributed by atoms with Crippen molar-refractivity contribution < 1.29 is 33.1 Å². The van der Waals surface area contributed by atoms with Crippen LogP contribution in [0.4, 0.5) is 4.79 Å². The molecule has 2 N–H and O–H groups in total. The first-order chi connectivity index (χ1) is 13.9. The van der Waals surface area contributed by atoms with Gasteiger partial charge in [-0.3, -0.25) is 24.6 Å². The molecule has 29 heavy (non-hydrogen) atoms. The Hall–Kier alpha value is -3.95. The molecule has 10 nitrogen and oxygen atoms in total. The molecule has 0 saturated heterocycles. The van der Waals surface area contributed by atoms with Gasteiger partial charge in [-0.25, -0.2) is 9.59 Å². The molecule has 1 atom stereocenters. The second kappa shape index (κ2) is 8.38. The smallest absolute Gasteiger partial charge is 0.329 e. The van der Waals surface area contributed by atoms with Crippen molar-refractivity contribution in [3.63, 3.8) is 0 Å². The maximum absolute atomic E-state index is 12.4. The highest BCUT2D eigenvalue weighted by Gasteiger charge is 2.41. The van der Waals surface area contributed by atoms with E-state index in [2.05, 4.69) is 5.32 Å². The highest BCUT2D eigenvalue weighted by atomic mass is 16.5. The number of nitrogens with zero attached hydrogens (tertiary/aromatic N) is 1. The molecule has 150 valence electrons. The topological polar surface area (TPSA) is 135 Å². The minimum atomic E-state index is -1.23. The summed E-state index contributed by atoms with van der Waals surface area (Å²) in [5.41, 5.74) is 0.395. The average Bonchev–Trinajstić information content (AvgIpc) is 3.31. The molecule has 0 aliphatic carbocycles. The van der Waals surface area contributed by atoms with Crippen LogP contribution in [0.2, 0.25) is 0 Å². The number of rotatable bonds is 6. The van der Waals surface area contributed by atoms with E-state index in [1.807, 2.05) is 5.32 Å². The van der Waals surface area contributed by atoms with Crippen molar-refractivity contribution >= 4 is 29.7 Å². The summed E-state index contributed by atoms with van der Waals surface area (Å²) in [5, 5.41) is 4.37. The van der Waals surface area contributed by atoms with Gasteiger partial charge >= 0.3 is 12.0 Å². The largest absolute Gasteiger partial charge is 0.467 e. The summed E-state index contributed by atoms with van der Waals surface area (Å²) in [6.07, 6.45) is 1.44. The summed E-state index contributed by atoms with van der Waals surface area (Å²) in [4.78, 5) is 61.1. The number of imide groups is 2. The maximum Gasteiger partial charge on any atom is 0.329 e. The van der Waals surface area contributed by atoms with E-state index in [4.69, 9.17) is 9.15 Å². The normalized spacial score (nSPS) is 13.6. The van der Waals surface area contributed by atoms with E-state index in [1.54, 1.807) is 24.3 Å². The van der Waals surface area contributed by atoms with Gasteiger partial charge < -0.3 is 14.5 Å². The number of hydrogen-bond donors (Lipinski definition) is 2. The van der Waals surface area contributed by atoms with Gasteiger partial charge in [0.1, 0.15) is 11.8 Å². The molecule has 0 fully saturated rings. The van der Waals surface area contributed by atoms with Gasteiger partial charge in [-0.1, -0.05) is 12.1 Å². The van der Waals surface area contributed by atoms with Crippen molar-refractivity contribution in [3.8, 4) is 0 Å². The van der Waals surface area contributed by atoms with E-state index in [1.165, 1.54) is 25.3 Å². The van der Waals surface area contributed by atoms with Crippen LogP contribution in [0.5, 0.6) is 0 Å². The van der Waals surface area contributed by atoms with E-state index in [0.717, 1.165) is 4.90 Å². The third-order valence-corrected chi connectivity index (χ3v) is 4.16. The van der Waals surface area contributed by atoms with Crippen molar-refractivity contribution in [2.24, 2.45) is 0 Å². The van der Waals surface area contributed by atoms with Crippen molar-refractivity contribution in [2.75, 3.05) is 6.61 Å². The SMILES string of the molecule is C[C@@H](C(=O)OCC(=O)NC(=O)NCc1ccco1)N1C(=O)c2ccccc2C1=O. The lowest BCUT2D eigenvalue weighted by Crippen LogP contribution is -2.45. The number of nitrogens with one attached hydrogen (secondary N) is 2. The Morgan fingerprint density at radius 1 is 1.07 bits per heavy atom. The lowest BCUT2D eigenvalue weighted by molar-refractivity contribution is -0.151. The molecule has 2 aromatic rings. The van der Waals surface area contributed by atoms with Crippen LogP contribution in [-0.4, -0.2) is 47.3 Å². The number of ether oxygens (including phenoxy) is 1. The molecule has 0 bridgehead atoms. The van der Waals surface area contributed by atoms with Gasteiger partial charge in [0.2, 0.25) is 0 Å². The van der Waals surface area contributed by atoms with Gasteiger partial charge in [0.15, 0.2) is 6.61 Å². The van der Waals surface area contributed by atoms with Crippen LogP contribution >= 0.6 is 0 Å². The van der Waals surface area contributed by atoms with Crippen molar-refractivity contribution in [2.45, 2.75) is 19.5 Å². The number of esters is 1. The number of urea groups is 1. The molecule has 0 unspecified atom stereocenters. The van der Waals surface area contributed by atoms with Crippen LogP contribution in [0.15, 0.2) is 47.1 Å². The molecule has 1 aliphatic heterocycles. The number of benzene rings is 1. The Kier molecular flexibility index (Phi) is 5.72. The molecule has 1 aliphatic rings. The predicted octanol–water partition coefficient (Wildman–Crippen LogP) is 0.833. The molecule has 10 heteroatoms. The Morgan fingerprint density at radius 2 is 1.72 bits per heavy atom. The summed E-state index contributed by atoms with van der Waals surface area (Å²) < 4.78 is 9.86. The zero-order valence-corrected chi connectivity index (χ0v) is 15.3. The standard InChI is InChI=1S/C19H17N3O7/c1-11(22-16(24)13-6-2-3-7-14(13)17(22)25)18(26)29-10-15(23)21-19(27)20-9-12-5-4-8-28-12/h2-8,11H,9-10H2,1H3,(H2,20,21,23,27)/t11-/m0/s1. The molecule has 2 heterocycles. The minimum Gasteiger partial charge on any atom is -0.467 e. The molecule has 5 amide bonds. The quantitative estimate of drug-likeness (QED) is 0.543. The Bertz CT molecular complexity index is 933. The summed E-state index contributed by atoms with van der Waals surface area (Å²) in [6.45, 7) is 0.640. The highest BCUT2D eigenvalue weighted by molar-refractivity contribution is 6.22. The van der Waals surface area contributed by atoms with Gasteiger partial charge in [-0.2, -0.15) is 0 Å². The lowest BCUT2D eigenvalue weighted by Gasteiger charge is -2.20. The second-order valence-corrected chi connectivity index (χ2v) is 6.12. The lowest BCUT2D eigenvalue weighted by atomic mass is 10.1. The number of carbonyl (C=O) groups excluding carboxylic acids is 5. The van der Waals surface area contributed by atoms with E-state index in [-0.39, 0.29) is 17.7 Å². The molecular weight excluding hydrogens is 382 g/mol. The van der Waals surface area contributed by atoms with Gasteiger partial charge in [-0.05, 0) is 31.2 Å². The first kappa shape index (κ1) is 19.8. The van der Waals surface area contributed by atoms with Gasteiger partial charge in [-0.15, -0.1) is 0 Å². The minimum absolute atomic E-state index is 0.0721. The van der Waals surface area contributed by atoms with Gasteiger partial charge in [0.05, 0.1) is 23.9 Å². The van der Waals surface area contributed by atoms with E-state index < -0.39 is 42.4 Å². The fraction of sp³-hybridized carbons (Fsp3) is 0.211. The number of fused-ring (bicyclic) bond motifs is 1. The third kappa shape index (κ3) is 4.32. The highest BCUT2D eigenvalue weighted by Crippen LogP contribution is 2.24. The number of carbonyl (C=O) groups is 5. The number of furan rings is 1. The Balaban J connectivity index is 1.47. The number of amides is 5. The summed E-state index contributed by atoms with van der Waals surface area (Å²) in [7, 11) is 0. The van der Waals surface area contributed by atoms with Crippen molar-refractivity contribution in [1.82, 2.24) is 15.5 Å². The number of hydrogen-bond acceptors (Lipinski definition) is 7. The van der Waals surface area contributed by atoms with E-state index >= 15 is 0 Å². The van der Waals surface area contributed by atoms with Crippen LogP contribution in [0.1, 0.15) is 33.4 Å². The molecule has 0 saturated carbocycles. The van der Waals surface area contributed by atoms with Gasteiger partial charge in [0.25, 0.3) is 17.7 Å². The molecule has 1 aromatic heterocycles. The van der Waals surface area contributed by atoms with E-state index in [9.17, 15) is 24.0 Å². The second-order valence-electron chi connectivity index (χ2n) is 6.12. The Morgan fingerprint density at radius 3 is 2.31 bits per heavy atom. The van der Waals surface area contributed by atoms with Crippen LogP contribution in [0.25, 0.3) is 0 Å².